The first-order valence-electron chi connectivity index (χ1n) is 5.99. The first-order chi connectivity index (χ1) is 7.86. The van der Waals surface area contributed by atoms with Gasteiger partial charge in [-0.3, -0.25) is 0 Å². The molecule has 3 nitrogen and oxygen atoms in total. The van der Waals surface area contributed by atoms with Gasteiger partial charge in [0, 0.05) is 17.2 Å². The van der Waals surface area contributed by atoms with E-state index in [-0.39, 0.29) is 0 Å². The molecule has 0 atom stereocenters. The Morgan fingerprint density at radius 1 is 1.38 bits per heavy atom. The highest BCUT2D eigenvalue weighted by molar-refractivity contribution is 5.57. The van der Waals surface area contributed by atoms with Crippen molar-refractivity contribution < 1.29 is 0 Å². The number of hydrogen-bond acceptors (Lipinski definition) is 2. The third kappa shape index (κ3) is 1.28. The van der Waals surface area contributed by atoms with Crippen LogP contribution in [0, 0.1) is 0 Å². The second-order valence-electron chi connectivity index (χ2n) is 4.76. The summed E-state index contributed by atoms with van der Waals surface area (Å²) in [6.07, 6.45) is 8.98. The SMILES string of the molecule is NCCC1(c2cnn3ccccc23)CCC1. The van der Waals surface area contributed by atoms with E-state index in [9.17, 15) is 0 Å². The molecule has 2 heterocycles. The summed E-state index contributed by atoms with van der Waals surface area (Å²) in [5.41, 5.74) is 8.70. The van der Waals surface area contributed by atoms with Gasteiger partial charge in [0.05, 0.1) is 11.7 Å². The van der Waals surface area contributed by atoms with Gasteiger partial charge in [-0.2, -0.15) is 5.10 Å². The van der Waals surface area contributed by atoms with Crippen LogP contribution in [0.15, 0.2) is 30.6 Å². The number of aromatic nitrogens is 2. The van der Waals surface area contributed by atoms with Crippen LogP contribution in [0.4, 0.5) is 0 Å². The van der Waals surface area contributed by atoms with Crippen LogP contribution in [0.3, 0.4) is 0 Å². The fourth-order valence-electron chi connectivity index (χ4n) is 2.88. The summed E-state index contributed by atoms with van der Waals surface area (Å²) >= 11 is 0. The van der Waals surface area contributed by atoms with Gasteiger partial charge in [0.15, 0.2) is 0 Å². The van der Waals surface area contributed by atoms with Crippen molar-refractivity contribution >= 4 is 5.52 Å². The van der Waals surface area contributed by atoms with E-state index in [2.05, 4.69) is 17.2 Å². The van der Waals surface area contributed by atoms with Crippen LogP contribution >= 0.6 is 0 Å². The molecule has 84 valence electrons. The van der Waals surface area contributed by atoms with Crippen molar-refractivity contribution in [1.29, 1.82) is 0 Å². The smallest absolute Gasteiger partial charge is 0.0699 e. The Labute approximate surface area is 95.3 Å². The van der Waals surface area contributed by atoms with Crippen molar-refractivity contribution in [2.24, 2.45) is 5.73 Å². The summed E-state index contributed by atoms with van der Waals surface area (Å²) in [4.78, 5) is 0. The first-order valence-corrected chi connectivity index (χ1v) is 5.99. The van der Waals surface area contributed by atoms with E-state index in [1.165, 1.54) is 30.3 Å². The molecule has 0 unspecified atom stereocenters. The minimum absolute atomic E-state index is 0.317. The lowest BCUT2D eigenvalue weighted by molar-refractivity contribution is 0.231. The lowest BCUT2D eigenvalue weighted by Crippen LogP contribution is -2.36. The van der Waals surface area contributed by atoms with Crippen molar-refractivity contribution in [3.63, 3.8) is 0 Å². The Morgan fingerprint density at radius 3 is 2.94 bits per heavy atom. The topological polar surface area (TPSA) is 43.3 Å². The van der Waals surface area contributed by atoms with Crippen molar-refractivity contribution in [2.75, 3.05) is 6.54 Å². The predicted molar refractivity (Wildman–Crippen MR) is 64.4 cm³/mol. The molecule has 0 aromatic carbocycles. The highest BCUT2D eigenvalue weighted by Crippen LogP contribution is 2.47. The molecule has 0 radical (unpaired) electrons. The molecule has 3 rings (SSSR count). The molecular formula is C13H17N3. The number of hydrogen-bond donors (Lipinski definition) is 1. The quantitative estimate of drug-likeness (QED) is 0.852. The van der Waals surface area contributed by atoms with Crippen LogP contribution in [0.5, 0.6) is 0 Å². The Kier molecular flexibility index (Phi) is 2.21. The highest BCUT2D eigenvalue weighted by atomic mass is 15.2. The van der Waals surface area contributed by atoms with Crippen LogP contribution in [0.25, 0.3) is 5.52 Å². The molecule has 1 aliphatic rings. The average molecular weight is 215 g/mol. The fraction of sp³-hybridized carbons (Fsp3) is 0.462. The van der Waals surface area contributed by atoms with Crippen LogP contribution in [-0.2, 0) is 5.41 Å². The molecule has 0 bridgehead atoms. The molecule has 2 N–H and O–H groups in total. The second kappa shape index (κ2) is 3.59. The molecule has 0 aliphatic heterocycles. The zero-order valence-corrected chi connectivity index (χ0v) is 9.39. The standard InChI is InChI=1S/C13H17N3/c14-8-7-13(5-3-6-13)11-10-15-16-9-2-1-4-12(11)16/h1-2,4,9-10H,3,5-8,14H2. The van der Waals surface area contributed by atoms with Gasteiger partial charge >= 0.3 is 0 Å². The van der Waals surface area contributed by atoms with Crippen LogP contribution in [0.2, 0.25) is 0 Å². The molecule has 16 heavy (non-hydrogen) atoms. The van der Waals surface area contributed by atoms with Gasteiger partial charge in [0.2, 0.25) is 0 Å². The maximum absolute atomic E-state index is 5.75. The molecule has 3 heteroatoms. The highest BCUT2D eigenvalue weighted by Gasteiger charge is 2.39. The number of nitrogens with two attached hydrogens (primary N) is 1. The van der Waals surface area contributed by atoms with Gasteiger partial charge in [0.1, 0.15) is 0 Å². The summed E-state index contributed by atoms with van der Waals surface area (Å²) < 4.78 is 1.96. The molecule has 0 spiro atoms. The molecule has 0 amide bonds. The van der Waals surface area contributed by atoms with Gasteiger partial charge in [-0.15, -0.1) is 0 Å². The molecule has 1 aliphatic carbocycles. The number of fused-ring (bicyclic) bond motifs is 1. The predicted octanol–water partition coefficient (Wildman–Crippen LogP) is 2.10. The Morgan fingerprint density at radius 2 is 2.25 bits per heavy atom. The van der Waals surface area contributed by atoms with Gasteiger partial charge in [-0.1, -0.05) is 12.5 Å². The van der Waals surface area contributed by atoms with E-state index in [4.69, 9.17) is 5.73 Å². The van der Waals surface area contributed by atoms with E-state index in [1.807, 2.05) is 23.0 Å². The second-order valence-corrected chi connectivity index (χ2v) is 4.76. The molecule has 0 saturated heterocycles. The average Bonchev–Trinajstić information content (AvgIpc) is 2.68. The van der Waals surface area contributed by atoms with E-state index < -0.39 is 0 Å². The molecule has 1 saturated carbocycles. The third-order valence-electron chi connectivity index (χ3n) is 3.93. The van der Waals surface area contributed by atoms with Crippen LogP contribution in [0.1, 0.15) is 31.2 Å². The Bertz CT molecular complexity index is 497. The van der Waals surface area contributed by atoms with Gasteiger partial charge in [-0.25, -0.2) is 4.52 Å². The van der Waals surface area contributed by atoms with Crippen molar-refractivity contribution in [2.45, 2.75) is 31.1 Å². The van der Waals surface area contributed by atoms with E-state index in [0.717, 1.165) is 13.0 Å². The summed E-state index contributed by atoms with van der Waals surface area (Å²) in [5.74, 6) is 0. The molecule has 2 aromatic rings. The molecule has 2 aromatic heterocycles. The maximum atomic E-state index is 5.75. The van der Waals surface area contributed by atoms with Crippen LogP contribution < -0.4 is 5.73 Å². The third-order valence-corrected chi connectivity index (χ3v) is 3.93. The Hall–Kier alpha value is -1.35. The Balaban J connectivity index is 2.10. The fourth-order valence-corrected chi connectivity index (χ4v) is 2.88. The number of nitrogens with zero attached hydrogens (tertiary/aromatic N) is 2. The van der Waals surface area contributed by atoms with Crippen LogP contribution in [-0.4, -0.2) is 16.2 Å². The zero-order valence-electron chi connectivity index (χ0n) is 9.39. The van der Waals surface area contributed by atoms with Gasteiger partial charge in [0.25, 0.3) is 0 Å². The van der Waals surface area contributed by atoms with E-state index in [0.29, 0.717) is 5.41 Å². The normalized spacial score (nSPS) is 18.6. The van der Waals surface area contributed by atoms with Crippen molar-refractivity contribution in [3.05, 3.63) is 36.2 Å². The largest absolute Gasteiger partial charge is 0.330 e. The number of rotatable bonds is 3. The van der Waals surface area contributed by atoms with Crippen molar-refractivity contribution in [3.8, 4) is 0 Å². The monoisotopic (exact) mass is 215 g/mol. The van der Waals surface area contributed by atoms with Gasteiger partial charge < -0.3 is 5.73 Å². The summed E-state index contributed by atoms with van der Waals surface area (Å²) in [7, 11) is 0. The lowest BCUT2D eigenvalue weighted by Gasteiger charge is -2.41. The zero-order chi connectivity index (χ0) is 11.0. The molecular weight excluding hydrogens is 198 g/mol. The van der Waals surface area contributed by atoms with Crippen molar-refractivity contribution in [1.82, 2.24) is 9.61 Å². The molecule has 1 fully saturated rings. The minimum Gasteiger partial charge on any atom is -0.330 e. The summed E-state index contributed by atoms with van der Waals surface area (Å²) in [6.45, 7) is 0.768. The summed E-state index contributed by atoms with van der Waals surface area (Å²) in [6, 6.07) is 6.24. The summed E-state index contributed by atoms with van der Waals surface area (Å²) in [5, 5.41) is 4.42. The lowest BCUT2D eigenvalue weighted by atomic mass is 9.63. The first kappa shape index (κ1) is 9.85. The maximum Gasteiger partial charge on any atom is 0.0699 e. The van der Waals surface area contributed by atoms with Gasteiger partial charge in [-0.05, 0) is 37.9 Å². The van der Waals surface area contributed by atoms with E-state index in [1.54, 1.807) is 0 Å². The number of pyridine rings is 1. The minimum atomic E-state index is 0.317. The van der Waals surface area contributed by atoms with E-state index >= 15 is 0 Å².